The van der Waals surface area contributed by atoms with E-state index in [0.717, 1.165) is 157 Å². The summed E-state index contributed by atoms with van der Waals surface area (Å²) >= 11 is 6.32. The van der Waals surface area contributed by atoms with Gasteiger partial charge in [0.05, 0.1) is 96.5 Å². The smallest absolute Gasteiger partial charge is 0.417 e. The number of hydrogen-bond acceptors (Lipinski definition) is 18. The molecule has 12 aromatic rings. The van der Waals surface area contributed by atoms with E-state index in [1.165, 1.54) is 95.5 Å². The Labute approximate surface area is 870 Å². The zero-order valence-electron chi connectivity index (χ0n) is 87.0. The van der Waals surface area contributed by atoms with Crippen LogP contribution in [0.5, 0.6) is 17.2 Å². The molecule has 4 amide bonds. The lowest BCUT2D eigenvalue weighted by atomic mass is 9.81. The second-order valence-corrected chi connectivity index (χ2v) is 46.6. The fourth-order valence-corrected chi connectivity index (χ4v) is 26.1. The lowest BCUT2D eigenvalue weighted by Crippen LogP contribution is -2.46. The highest BCUT2D eigenvalue weighted by Gasteiger charge is 2.68. The number of cyclic esters (lactones) is 3. The summed E-state index contributed by atoms with van der Waals surface area (Å²) in [5, 5.41) is 3.09. The Bertz CT molecular complexity index is 6940. The maximum absolute atomic E-state index is 15.0. The number of rotatable bonds is 18. The van der Waals surface area contributed by atoms with Gasteiger partial charge in [-0.3, -0.25) is 19.2 Å². The minimum Gasteiger partial charge on any atom is -0.497 e. The van der Waals surface area contributed by atoms with Gasteiger partial charge in [-0.1, -0.05) is 167 Å². The number of fused-ring (bicyclic) bond motifs is 21. The van der Waals surface area contributed by atoms with E-state index in [4.69, 9.17) is 54.2 Å². The zero-order valence-corrected chi connectivity index (χ0v) is 87.8. The summed E-state index contributed by atoms with van der Waals surface area (Å²) < 4.78 is 57.2. The van der Waals surface area contributed by atoms with E-state index in [-0.39, 0.29) is 84.0 Å². The SMILES string of the molecule is COc1ccc2c(c1)C1CC1(C(=O)Cl)Cn1c-2c(C2CCCCC2)c2ccc(C(=O)OC(C)(C)C)cc21.COc1ccc2c(c1)[C@@H]1C[C@]1(C(=O)N1C(=O)OC[C@H]1Cc1ccccc1)Cn1c-2c(C2CCCCC2)c2ccc(C(=O)OC(C)(C)C)cc21.COc1ccc2c(c1)[C@H]1C[C@@]1(C(=O)N1C(=O)OC[C@H]1Cc1ccccc1)Cn1c-2c(C2CCCCC2)c2ccc(C(=O)OC(C)(C)C)cc21.O=C1C[C@@H](Cc2ccccc2)CO1. The summed E-state index contributed by atoms with van der Waals surface area (Å²) in [6.07, 6.45) is 20.9. The van der Waals surface area contributed by atoms with Gasteiger partial charge in [0.15, 0.2) is 0 Å². The summed E-state index contributed by atoms with van der Waals surface area (Å²) in [5.74, 6) is 2.16. The van der Waals surface area contributed by atoms with Gasteiger partial charge in [0.2, 0.25) is 17.1 Å². The number of benzene rings is 9. The number of carbonyl (C=O) groups excluding carboxylic acids is 9. The van der Waals surface area contributed by atoms with Gasteiger partial charge in [0.25, 0.3) is 0 Å². The molecule has 6 saturated carbocycles. The van der Waals surface area contributed by atoms with E-state index < -0.39 is 45.2 Å². The molecule has 24 heteroatoms. The molecule has 6 aliphatic heterocycles. The van der Waals surface area contributed by atoms with Crippen LogP contribution >= 0.6 is 11.6 Å². The monoisotopic (exact) mass is 2020 g/mol. The van der Waals surface area contributed by atoms with Crippen molar-refractivity contribution in [3.8, 4) is 51.0 Å². The average molecular weight is 2020 g/mol. The van der Waals surface area contributed by atoms with Gasteiger partial charge >= 0.3 is 36.1 Å². The second-order valence-electron chi connectivity index (χ2n) is 46.3. The molecule has 3 aromatic heterocycles. The van der Waals surface area contributed by atoms with Crippen LogP contribution in [0.25, 0.3) is 66.5 Å². The molecule has 9 fully saturated rings. The number of carbonyl (C=O) groups is 9. The van der Waals surface area contributed by atoms with Gasteiger partial charge in [0, 0.05) is 92.7 Å². The Hall–Kier alpha value is -13.3. The fraction of sp³-hybridized carbons (Fsp3) is 0.444. The van der Waals surface area contributed by atoms with E-state index in [9.17, 15) is 43.2 Å². The van der Waals surface area contributed by atoms with Crippen LogP contribution in [-0.4, -0.2) is 147 Å². The molecule has 3 saturated heterocycles. The van der Waals surface area contributed by atoms with Gasteiger partial charge in [0.1, 0.15) is 47.3 Å². The van der Waals surface area contributed by atoms with Crippen LogP contribution < -0.4 is 14.2 Å². The van der Waals surface area contributed by atoms with Crippen LogP contribution in [0.3, 0.4) is 0 Å². The number of methoxy groups -OCH3 is 3. The van der Waals surface area contributed by atoms with Crippen molar-refractivity contribution < 1.29 is 85.8 Å². The third kappa shape index (κ3) is 19.4. The van der Waals surface area contributed by atoms with Crippen LogP contribution in [0.15, 0.2) is 200 Å². The van der Waals surface area contributed by atoms with Crippen LogP contribution in [0.1, 0.15) is 301 Å². The molecule has 0 N–H and O–H groups in total. The maximum Gasteiger partial charge on any atom is 0.417 e. The van der Waals surface area contributed by atoms with E-state index in [1.54, 1.807) is 21.3 Å². The van der Waals surface area contributed by atoms with Crippen LogP contribution in [-0.2, 0) is 86.5 Å². The number of aromatic nitrogens is 3. The molecule has 12 aliphatic rings. The van der Waals surface area contributed by atoms with Gasteiger partial charge < -0.3 is 56.3 Å². The van der Waals surface area contributed by atoms with E-state index >= 15 is 0 Å². The molecule has 148 heavy (non-hydrogen) atoms. The Morgan fingerprint density at radius 3 is 0.980 bits per heavy atom. The molecule has 9 aromatic carbocycles. The van der Waals surface area contributed by atoms with E-state index in [1.807, 2.05) is 196 Å². The molecule has 24 rings (SSSR count). The van der Waals surface area contributed by atoms with Gasteiger partial charge in [-0.2, -0.15) is 0 Å². The molecule has 0 radical (unpaired) electrons. The first-order valence-electron chi connectivity index (χ1n) is 53.3. The molecule has 0 bridgehead atoms. The van der Waals surface area contributed by atoms with Gasteiger partial charge in [-0.25, -0.2) is 33.8 Å². The number of imide groups is 2. The number of halogens is 1. The molecule has 770 valence electrons. The summed E-state index contributed by atoms with van der Waals surface area (Å²) in [5.41, 5.74) is 17.4. The first kappa shape index (κ1) is 101. The summed E-state index contributed by atoms with van der Waals surface area (Å²) in [6, 6.07) is 65.8. The molecule has 2 unspecified atom stereocenters. The predicted molar refractivity (Wildman–Crippen MR) is 568 cm³/mol. The lowest BCUT2D eigenvalue weighted by Gasteiger charge is -2.26. The molecular weight excluding hydrogens is 1880 g/mol. The van der Waals surface area contributed by atoms with Crippen LogP contribution in [0.2, 0.25) is 0 Å². The van der Waals surface area contributed by atoms with Gasteiger partial charge in [-0.05, 0) is 310 Å². The molecule has 9 atom stereocenters. The molecule has 9 heterocycles. The number of hydrogen-bond donors (Lipinski definition) is 0. The highest BCUT2D eigenvalue weighted by Crippen LogP contribution is 2.70. The van der Waals surface area contributed by atoms with Crippen LogP contribution in [0.4, 0.5) is 9.59 Å². The Kier molecular flexibility index (Phi) is 27.2. The number of amides is 4. The first-order chi connectivity index (χ1) is 71.1. The first-order valence-corrected chi connectivity index (χ1v) is 53.7. The van der Waals surface area contributed by atoms with Crippen molar-refractivity contribution in [3.05, 3.63) is 267 Å². The van der Waals surface area contributed by atoms with Crippen LogP contribution in [0, 0.1) is 22.2 Å². The summed E-state index contributed by atoms with van der Waals surface area (Å²) in [4.78, 5) is 123. The highest BCUT2D eigenvalue weighted by molar-refractivity contribution is 6.65. The van der Waals surface area contributed by atoms with Crippen molar-refractivity contribution in [2.45, 2.75) is 288 Å². The second kappa shape index (κ2) is 40.0. The predicted octanol–water partition coefficient (Wildman–Crippen LogP) is 26.2. The lowest BCUT2D eigenvalue weighted by molar-refractivity contribution is -0.138. The summed E-state index contributed by atoms with van der Waals surface area (Å²) in [6.45, 7) is 19.1. The third-order valence-electron chi connectivity index (χ3n) is 33.0. The highest BCUT2D eigenvalue weighted by atomic mass is 35.5. The fourth-order valence-electron chi connectivity index (χ4n) is 25.8. The van der Waals surface area contributed by atoms with Crippen molar-refractivity contribution in [1.82, 2.24) is 23.5 Å². The van der Waals surface area contributed by atoms with E-state index in [0.29, 0.717) is 98.7 Å². The minimum absolute atomic E-state index is 0.0547. The van der Waals surface area contributed by atoms with Crippen molar-refractivity contribution in [2.75, 3.05) is 41.2 Å². The molecular formula is C124H134ClN5O18. The van der Waals surface area contributed by atoms with Crippen molar-refractivity contribution in [2.24, 2.45) is 22.2 Å². The topological polar surface area (TPSA) is 258 Å². The molecule has 0 spiro atoms. The average Bonchev–Trinajstić information content (AvgIpc) is 1.53. The maximum atomic E-state index is 15.0. The van der Waals surface area contributed by atoms with E-state index in [2.05, 4.69) is 80.4 Å². The van der Waals surface area contributed by atoms with Crippen molar-refractivity contribution in [3.63, 3.8) is 0 Å². The number of esters is 4. The Balaban J connectivity index is 0.000000123. The Morgan fingerprint density at radius 1 is 0.365 bits per heavy atom. The molecule has 23 nitrogen and oxygen atoms in total. The standard InChI is InChI=1S/2C41H44N2O6.C31H34ClNO4.C11H12O2/c2*1-40(2,3)49-37(44)27-15-17-31-34(20-27)42-24-41(38(45)43-28(23-48-39(43)46)19-25-11-7-5-8-12-25)22-33(41)32-21-29(47-4)16-18-30(32)36(42)35(31)26-13-9-6-10-14-26;1-30(2,3)37-28(34)19-10-12-22-25(14-19)33-17-31(29(32)35)16-24(31)23-15-20(36-4)11-13-21(23)27(33)26(22)18-8-6-5-7-9-18;12-11-7-10(8-13-11)6-9-4-2-1-3-5-9/h2*5,7-8,11-12,15-18,20-21,26,28,33H,6,9-10,13-14,19,22-24H2,1-4H3;10-15,18,24H,5-9,16-17H2,1-4H3;1-5,10H,6-8H2/t28-,33+,41+;28-,33-,41-;;10-/m11.1/s1. The quantitative estimate of drug-likeness (QED) is 0.0439. The molecule has 6 aliphatic carbocycles. The normalized spacial score (nSPS) is 23.0. The van der Waals surface area contributed by atoms with Crippen molar-refractivity contribution in [1.29, 1.82) is 0 Å². The largest absolute Gasteiger partial charge is 0.497 e. The summed E-state index contributed by atoms with van der Waals surface area (Å²) in [7, 11) is 5.01. The third-order valence-corrected chi connectivity index (χ3v) is 33.4. The van der Waals surface area contributed by atoms with Crippen molar-refractivity contribution >= 4 is 97.4 Å². The zero-order chi connectivity index (χ0) is 103. The Morgan fingerprint density at radius 2 is 0.676 bits per heavy atom. The van der Waals surface area contributed by atoms with Gasteiger partial charge in [-0.15, -0.1) is 0 Å². The number of nitrogens with zero attached hydrogens (tertiary/aromatic N) is 5. The minimum atomic E-state index is -0.859. The number of ether oxygens (including phenoxy) is 9.